The van der Waals surface area contributed by atoms with E-state index in [1.165, 1.54) is 24.4 Å². The lowest BCUT2D eigenvalue weighted by Crippen LogP contribution is -2.18. The number of benzene rings is 1. The summed E-state index contributed by atoms with van der Waals surface area (Å²) in [7, 11) is 1.59. The highest BCUT2D eigenvalue weighted by atomic mass is 32.2. The molecule has 1 aromatic carbocycles. The first kappa shape index (κ1) is 16.0. The van der Waals surface area contributed by atoms with Crippen molar-refractivity contribution in [2.24, 2.45) is 0 Å². The van der Waals surface area contributed by atoms with Crippen molar-refractivity contribution >= 4 is 23.3 Å². The summed E-state index contributed by atoms with van der Waals surface area (Å²) < 4.78 is 10.6. The third-order valence-corrected chi connectivity index (χ3v) is 4.23. The molecule has 0 bridgehead atoms. The quantitative estimate of drug-likeness (QED) is 0.520. The molecule has 122 valence electrons. The largest absolute Gasteiger partial charge is 0.497 e. The molecule has 0 unspecified atom stereocenters. The Morgan fingerprint density at radius 3 is 2.96 bits per heavy atom. The number of rotatable bonds is 7. The van der Waals surface area contributed by atoms with Crippen LogP contribution in [-0.4, -0.2) is 33.9 Å². The number of ether oxygens (including phenoxy) is 1. The number of methoxy groups -OCH3 is 1. The van der Waals surface area contributed by atoms with Crippen molar-refractivity contribution in [2.45, 2.75) is 16.4 Å². The van der Waals surface area contributed by atoms with E-state index >= 15 is 0 Å². The maximum absolute atomic E-state index is 12.1. The van der Waals surface area contributed by atoms with E-state index in [4.69, 9.17) is 9.15 Å². The van der Waals surface area contributed by atoms with Crippen LogP contribution in [0.2, 0.25) is 0 Å². The number of nitrogens with one attached hydrogen (secondary N) is 1. The number of H-pyrrole nitrogens is 1. The third kappa shape index (κ3) is 3.54. The first-order chi connectivity index (χ1) is 11.7. The van der Waals surface area contributed by atoms with Gasteiger partial charge in [-0.15, -0.1) is 0 Å². The van der Waals surface area contributed by atoms with Gasteiger partial charge in [0, 0.05) is 16.9 Å². The topological polar surface area (TPSA) is 98.1 Å². The summed E-state index contributed by atoms with van der Waals surface area (Å²) in [6, 6.07) is 9.14. The van der Waals surface area contributed by atoms with Gasteiger partial charge in [0.05, 0.1) is 13.4 Å². The predicted molar refractivity (Wildman–Crippen MR) is 85.2 cm³/mol. The normalized spacial score (nSPS) is 10.5. The molecule has 2 aromatic heterocycles. The van der Waals surface area contributed by atoms with Crippen molar-refractivity contribution in [3.63, 3.8) is 0 Å². The van der Waals surface area contributed by atoms with E-state index in [1.54, 1.807) is 13.2 Å². The highest BCUT2D eigenvalue weighted by Crippen LogP contribution is 2.33. The molecule has 0 fully saturated rings. The molecule has 0 atom stereocenters. The van der Waals surface area contributed by atoms with E-state index in [9.17, 15) is 9.59 Å². The highest BCUT2D eigenvalue weighted by Gasteiger charge is 2.21. The van der Waals surface area contributed by atoms with Crippen LogP contribution in [0.15, 0.2) is 57.3 Å². The fraction of sp³-hybridized carbons (Fsp3) is 0.125. The molecule has 7 nitrogen and oxygen atoms in total. The fourth-order valence-corrected chi connectivity index (χ4v) is 2.93. The van der Waals surface area contributed by atoms with Gasteiger partial charge in [-0.25, -0.2) is 4.98 Å². The van der Waals surface area contributed by atoms with Crippen LogP contribution in [0.1, 0.15) is 16.2 Å². The van der Waals surface area contributed by atoms with E-state index < -0.39 is 11.6 Å². The summed E-state index contributed by atoms with van der Waals surface area (Å²) in [5.74, 6) is -0.623. The smallest absolute Gasteiger partial charge is 0.265 e. The Morgan fingerprint density at radius 2 is 2.21 bits per heavy atom. The first-order valence-corrected chi connectivity index (χ1v) is 7.80. The van der Waals surface area contributed by atoms with Crippen molar-refractivity contribution in [3.05, 3.63) is 54.3 Å². The fourth-order valence-electron chi connectivity index (χ4n) is 2.01. The predicted octanol–water partition coefficient (Wildman–Crippen LogP) is 2.55. The average Bonchev–Trinajstić information content (AvgIpc) is 3.27. The number of carbonyl (C=O) groups excluding carboxylic acids is 2. The van der Waals surface area contributed by atoms with Gasteiger partial charge in [0.1, 0.15) is 12.1 Å². The molecule has 0 saturated carbocycles. The minimum Gasteiger partial charge on any atom is -0.497 e. The monoisotopic (exact) mass is 343 g/mol. The number of aromatic amines is 1. The Kier molecular flexibility index (Phi) is 4.76. The molecule has 2 heterocycles. The van der Waals surface area contributed by atoms with Gasteiger partial charge >= 0.3 is 0 Å². The van der Waals surface area contributed by atoms with E-state index in [2.05, 4.69) is 15.2 Å². The Morgan fingerprint density at radius 1 is 1.33 bits per heavy atom. The molecule has 3 rings (SSSR count). The van der Waals surface area contributed by atoms with Crippen LogP contribution in [0.3, 0.4) is 0 Å². The number of hydrogen-bond acceptors (Lipinski definition) is 7. The van der Waals surface area contributed by atoms with Crippen molar-refractivity contribution in [2.75, 3.05) is 7.11 Å². The maximum atomic E-state index is 12.1. The molecule has 24 heavy (non-hydrogen) atoms. The molecule has 1 N–H and O–H groups in total. The van der Waals surface area contributed by atoms with Crippen LogP contribution >= 0.6 is 11.8 Å². The Bertz CT molecular complexity index is 858. The minimum absolute atomic E-state index is 0.0644. The van der Waals surface area contributed by atoms with E-state index in [0.717, 1.165) is 10.6 Å². The molecule has 0 aliphatic carbocycles. The number of hydrogen-bond donors (Lipinski definition) is 1. The Labute approximate surface area is 141 Å². The minimum atomic E-state index is -0.703. The zero-order chi connectivity index (χ0) is 16.9. The summed E-state index contributed by atoms with van der Waals surface area (Å²) in [4.78, 5) is 28.7. The molecule has 0 spiro atoms. The number of Topliss-reactive ketones (excluding diaryl/α,β-unsaturated/α-hetero) is 2. The second-order valence-corrected chi connectivity index (χ2v) is 5.82. The number of furan rings is 1. The van der Waals surface area contributed by atoms with Gasteiger partial charge in [-0.1, -0.05) is 17.8 Å². The molecular weight excluding hydrogens is 330 g/mol. The van der Waals surface area contributed by atoms with Gasteiger partial charge in [-0.05, 0) is 24.3 Å². The van der Waals surface area contributed by atoms with E-state index in [-0.39, 0.29) is 12.2 Å². The van der Waals surface area contributed by atoms with Crippen molar-refractivity contribution in [1.29, 1.82) is 0 Å². The van der Waals surface area contributed by atoms with Gasteiger partial charge in [-0.3, -0.25) is 14.7 Å². The van der Waals surface area contributed by atoms with Gasteiger partial charge in [0.25, 0.3) is 5.78 Å². The van der Waals surface area contributed by atoms with Crippen LogP contribution in [0.4, 0.5) is 0 Å². The Hall–Kier alpha value is -2.87. The number of carbonyl (C=O) groups is 2. The molecule has 8 heteroatoms. The molecule has 0 aliphatic heterocycles. The third-order valence-electron chi connectivity index (χ3n) is 3.19. The van der Waals surface area contributed by atoms with E-state index in [0.29, 0.717) is 10.7 Å². The molecule has 0 aliphatic rings. The second-order valence-electron chi connectivity index (χ2n) is 4.78. The summed E-state index contributed by atoms with van der Waals surface area (Å²) in [5, 5.41) is 6.52. The first-order valence-electron chi connectivity index (χ1n) is 6.98. The lowest BCUT2D eigenvalue weighted by Gasteiger charge is -2.04. The van der Waals surface area contributed by atoms with Gasteiger partial charge in [0.2, 0.25) is 5.78 Å². The highest BCUT2D eigenvalue weighted by molar-refractivity contribution is 7.99. The van der Waals surface area contributed by atoms with Crippen LogP contribution in [0.25, 0.3) is 0 Å². The molecule has 3 aromatic rings. The lowest BCUT2D eigenvalue weighted by atomic mass is 10.1. The molecular formula is C16H13N3O4S. The second kappa shape index (κ2) is 7.14. The summed E-state index contributed by atoms with van der Waals surface area (Å²) in [6.45, 7) is 0. The van der Waals surface area contributed by atoms with Crippen LogP contribution in [0, 0.1) is 0 Å². The molecule has 0 radical (unpaired) electrons. The lowest BCUT2D eigenvalue weighted by molar-refractivity contribution is -0.114. The molecule has 0 saturated heterocycles. The van der Waals surface area contributed by atoms with Crippen molar-refractivity contribution in [1.82, 2.24) is 15.2 Å². The van der Waals surface area contributed by atoms with Crippen LogP contribution in [0.5, 0.6) is 5.75 Å². The Balaban J connectivity index is 1.73. The molecule has 0 amide bonds. The number of aromatic nitrogens is 3. The zero-order valence-electron chi connectivity index (χ0n) is 12.7. The van der Waals surface area contributed by atoms with Crippen molar-refractivity contribution in [3.8, 4) is 5.75 Å². The van der Waals surface area contributed by atoms with Gasteiger partial charge in [0.15, 0.2) is 10.9 Å². The SMILES string of the molecule is COc1cccc(Sc2occc2CC(=O)C(=O)c2ncn[nH]2)c1. The standard InChI is InChI=1S/C16H13N3O4S/c1-22-11-3-2-4-12(8-11)24-16-10(5-6-23-16)7-13(20)14(21)15-17-9-18-19-15/h2-6,8-9H,7H2,1H3,(H,17,18,19). The summed E-state index contributed by atoms with van der Waals surface area (Å²) in [6.07, 6.45) is 2.61. The van der Waals surface area contributed by atoms with Crippen molar-refractivity contribution < 1.29 is 18.7 Å². The zero-order valence-corrected chi connectivity index (χ0v) is 13.5. The van der Waals surface area contributed by atoms with Crippen LogP contribution < -0.4 is 4.74 Å². The van der Waals surface area contributed by atoms with Gasteiger partial charge in [-0.2, -0.15) is 5.10 Å². The van der Waals surface area contributed by atoms with Gasteiger partial charge < -0.3 is 9.15 Å². The number of nitrogens with zero attached hydrogens (tertiary/aromatic N) is 2. The maximum Gasteiger partial charge on any atom is 0.265 e. The average molecular weight is 343 g/mol. The number of ketones is 2. The van der Waals surface area contributed by atoms with E-state index in [1.807, 2.05) is 24.3 Å². The summed E-state index contributed by atoms with van der Waals surface area (Å²) >= 11 is 1.36. The summed E-state index contributed by atoms with van der Waals surface area (Å²) in [5.41, 5.74) is 0.640. The van der Waals surface area contributed by atoms with Crippen LogP contribution in [-0.2, 0) is 11.2 Å².